The molecular formula is C20H22N2O4S2. The quantitative estimate of drug-likeness (QED) is 0.604. The maximum atomic E-state index is 13.3. The van der Waals surface area contributed by atoms with Crippen molar-refractivity contribution < 1.29 is 17.6 Å². The standard InChI is InChI=1S/C20H22N2O4S2/c1-3-21-28(24,25)18-9-8-15(2)19(12-18)20(23)22(13-16-6-4-10-26-16)14-17-7-5-11-27-17/h4-12,21H,3,13-14H2,1-2H3. The van der Waals surface area contributed by atoms with Gasteiger partial charge in [-0.1, -0.05) is 19.1 Å². The highest BCUT2D eigenvalue weighted by Gasteiger charge is 2.22. The molecule has 3 rings (SSSR count). The molecule has 148 valence electrons. The van der Waals surface area contributed by atoms with Gasteiger partial charge in [0, 0.05) is 17.0 Å². The number of amides is 1. The highest BCUT2D eigenvalue weighted by atomic mass is 32.2. The van der Waals surface area contributed by atoms with Crippen molar-refractivity contribution in [3.8, 4) is 0 Å². The van der Waals surface area contributed by atoms with Crippen LogP contribution in [0.1, 0.15) is 33.5 Å². The number of sulfonamides is 1. The Bertz CT molecular complexity index is 990. The van der Waals surface area contributed by atoms with Crippen molar-refractivity contribution in [2.24, 2.45) is 0 Å². The molecule has 0 aliphatic rings. The fraction of sp³-hybridized carbons (Fsp3) is 0.250. The number of nitrogens with zero attached hydrogens (tertiary/aromatic N) is 1. The molecule has 0 saturated carbocycles. The molecule has 0 radical (unpaired) electrons. The van der Waals surface area contributed by atoms with Gasteiger partial charge in [0.05, 0.1) is 24.2 Å². The Morgan fingerprint density at radius 2 is 2.00 bits per heavy atom. The lowest BCUT2D eigenvalue weighted by Gasteiger charge is -2.22. The molecule has 28 heavy (non-hydrogen) atoms. The normalized spacial score (nSPS) is 11.5. The average Bonchev–Trinajstić information content (AvgIpc) is 3.35. The minimum absolute atomic E-state index is 0.0809. The number of furan rings is 1. The average molecular weight is 419 g/mol. The van der Waals surface area contributed by atoms with Crippen molar-refractivity contribution in [3.05, 3.63) is 75.9 Å². The third kappa shape index (κ3) is 4.70. The topological polar surface area (TPSA) is 79.6 Å². The van der Waals surface area contributed by atoms with Crippen molar-refractivity contribution in [1.82, 2.24) is 9.62 Å². The van der Waals surface area contributed by atoms with E-state index in [4.69, 9.17) is 4.42 Å². The number of benzene rings is 1. The molecule has 6 nitrogen and oxygen atoms in total. The highest BCUT2D eigenvalue weighted by Crippen LogP contribution is 2.21. The number of carbonyl (C=O) groups is 1. The minimum atomic E-state index is -3.65. The summed E-state index contributed by atoms with van der Waals surface area (Å²) in [4.78, 5) is 16.1. The zero-order valence-electron chi connectivity index (χ0n) is 15.7. The Balaban J connectivity index is 1.95. The smallest absolute Gasteiger partial charge is 0.254 e. The molecular weight excluding hydrogens is 396 g/mol. The Morgan fingerprint density at radius 1 is 1.18 bits per heavy atom. The molecule has 1 amide bonds. The summed E-state index contributed by atoms with van der Waals surface area (Å²) in [5.41, 5.74) is 1.08. The molecule has 2 aromatic heterocycles. The molecule has 0 spiro atoms. The van der Waals surface area contributed by atoms with E-state index in [1.807, 2.05) is 23.6 Å². The Labute approximate surface area is 168 Å². The van der Waals surface area contributed by atoms with Crippen molar-refractivity contribution in [3.63, 3.8) is 0 Å². The number of nitrogens with one attached hydrogen (secondary N) is 1. The predicted octanol–water partition coefficient (Wildman–Crippen LogP) is 3.79. The van der Waals surface area contributed by atoms with E-state index < -0.39 is 10.0 Å². The van der Waals surface area contributed by atoms with Gasteiger partial charge in [-0.25, -0.2) is 13.1 Å². The summed E-state index contributed by atoms with van der Waals surface area (Å²) >= 11 is 1.56. The van der Waals surface area contributed by atoms with Crippen LogP contribution in [0.4, 0.5) is 0 Å². The van der Waals surface area contributed by atoms with Gasteiger partial charge in [0.1, 0.15) is 5.76 Å². The highest BCUT2D eigenvalue weighted by molar-refractivity contribution is 7.89. The predicted molar refractivity (Wildman–Crippen MR) is 109 cm³/mol. The first-order valence-electron chi connectivity index (χ1n) is 8.85. The largest absolute Gasteiger partial charge is 0.467 e. The lowest BCUT2D eigenvalue weighted by Crippen LogP contribution is -2.31. The summed E-state index contributed by atoms with van der Waals surface area (Å²) in [6, 6.07) is 12.1. The molecule has 0 aliphatic carbocycles. The summed E-state index contributed by atoms with van der Waals surface area (Å²) in [6.07, 6.45) is 1.57. The number of hydrogen-bond donors (Lipinski definition) is 1. The monoisotopic (exact) mass is 418 g/mol. The van der Waals surface area contributed by atoms with Crippen LogP contribution in [0.2, 0.25) is 0 Å². The fourth-order valence-corrected chi connectivity index (χ4v) is 4.61. The number of carbonyl (C=O) groups excluding carboxylic acids is 1. The molecule has 0 fully saturated rings. The zero-order valence-corrected chi connectivity index (χ0v) is 17.3. The van der Waals surface area contributed by atoms with E-state index in [2.05, 4.69) is 4.72 Å². The van der Waals surface area contributed by atoms with E-state index in [9.17, 15) is 13.2 Å². The van der Waals surface area contributed by atoms with Crippen LogP contribution in [-0.4, -0.2) is 25.8 Å². The van der Waals surface area contributed by atoms with Gasteiger partial charge >= 0.3 is 0 Å². The van der Waals surface area contributed by atoms with Crippen LogP contribution >= 0.6 is 11.3 Å². The zero-order chi connectivity index (χ0) is 20.1. The van der Waals surface area contributed by atoms with E-state index in [0.717, 1.165) is 10.4 Å². The number of rotatable bonds is 8. The first-order valence-corrected chi connectivity index (χ1v) is 11.2. The molecule has 1 aromatic carbocycles. The van der Waals surface area contributed by atoms with Crippen LogP contribution in [0.3, 0.4) is 0 Å². The van der Waals surface area contributed by atoms with Gasteiger partial charge in [-0.05, 0) is 48.2 Å². The summed E-state index contributed by atoms with van der Waals surface area (Å²) in [5.74, 6) is 0.426. The van der Waals surface area contributed by atoms with Crippen molar-refractivity contribution in [2.75, 3.05) is 6.54 Å². The van der Waals surface area contributed by atoms with Crippen molar-refractivity contribution in [1.29, 1.82) is 0 Å². The van der Waals surface area contributed by atoms with Gasteiger partial charge in [0.2, 0.25) is 10.0 Å². The Kier molecular flexibility index (Phi) is 6.33. The van der Waals surface area contributed by atoms with Crippen LogP contribution in [0.5, 0.6) is 0 Å². The third-order valence-corrected chi connectivity index (χ3v) is 6.63. The molecule has 0 bridgehead atoms. The van der Waals surface area contributed by atoms with E-state index in [1.165, 1.54) is 12.1 Å². The van der Waals surface area contributed by atoms with Crippen LogP contribution in [0, 0.1) is 6.92 Å². The van der Waals surface area contributed by atoms with Crippen LogP contribution in [-0.2, 0) is 23.1 Å². The molecule has 0 saturated heterocycles. The van der Waals surface area contributed by atoms with Crippen molar-refractivity contribution >= 4 is 27.3 Å². The van der Waals surface area contributed by atoms with Crippen molar-refractivity contribution in [2.45, 2.75) is 31.8 Å². The first-order chi connectivity index (χ1) is 13.4. The maximum Gasteiger partial charge on any atom is 0.254 e. The summed E-state index contributed by atoms with van der Waals surface area (Å²) in [7, 11) is -3.65. The number of hydrogen-bond acceptors (Lipinski definition) is 5. The molecule has 0 atom stereocenters. The summed E-state index contributed by atoms with van der Waals surface area (Å²) in [5, 5.41) is 1.96. The fourth-order valence-electron chi connectivity index (χ4n) is 2.82. The second kappa shape index (κ2) is 8.72. The van der Waals surface area contributed by atoms with Gasteiger partial charge < -0.3 is 9.32 Å². The lowest BCUT2D eigenvalue weighted by molar-refractivity contribution is 0.0718. The Morgan fingerprint density at radius 3 is 2.64 bits per heavy atom. The minimum Gasteiger partial charge on any atom is -0.467 e. The van der Waals surface area contributed by atoms with E-state index >= 15 is 0 Å². The maximum absolute atomic E-state index is 13.3. The Hall–Kier alpha value is -2.42. The molecule has 8 heteroatoms. The van der Waals surface area contributed by atoms with Crippen LogP contribution < -0.4 is 4.72 Å². The summed E-state index contributed by atoms with van der Waals surface area (Å²) < 4.78 is 32.6. The van der Waals surface area contributed by atoms with E-state index in [1.54, 1.807) is 48.5 Å². The van der Waals surface area contributed by atoms with Crippen LogP contribution in [0.25, 0.3) is 0 Å². The molecule has 0 aliphatic heterocycles. The van der Waals surface area contributed by atoms with Gasteiger partial charge in [-0.3, -0.25) is 4.79 Å². The van der Waals surface area contributed by atoms with Gasteiger partial charge in [0.15, 0.2) is 0 Å². The molecule has 2 heterocycles. The second-order valence-electron chi connectivity index (χ2n) is 6.30. The first kappa shape index (κ1) is 20.3. The number of thiophene rings is 1. The second-order valence-corrected chi connectivity index (χ2v) is 9.10. The van der Waals surface area contributed by atoms with Crippen LogP contribution in [0.15, 0.2) is 63.4 Å². The molecule has 0 unspecified atom stereocenters. The van der Waals surface area contributed by atoms with Gasteiger partial charge in [-0.2, -0.15) is 0 Å². The lowest BCUT2D eigenvalue weighted by atomic mass is 10.1. The van der Waals surface area contributed by atoms with Gasteiger partial charge in [0.25, 0.3) is 5.91 Å². The van der Waals surface area contributed by atoms with E-state index in [-0.39, 0.29) is 17.3 Å². The van der Waals surface area contributed by atoms with E-state index in [0.29, 0.717) is 24.4 Å². The molecule has 1 N–H and O–H groups in total. The number of aryl methyl sites for hydroxylation is 1. The summed E-state index contributed by atoms with van der Waals surface area (Å²) in [6.45, 7) is 4.51. The molecule has 3 aromatic rings. The SMILES string of the molecule is CCNS(=O)(=O)c1ccc(C)c(C(=O)N(Cc2ccco2)Cc2cccs2)c1. The third-order valence-electron chi connectivity index (χ3n) is 4.22. The van der Waals surface area contributed by atoms with Gasteiger partial charge in [-0.15, -0.1) is 11.3 Å².